The van der Waals surface area contributed by atoms with Gasteiger partial charge in [0.15, 0.2) is 23.7 Å². The van der Waals surface area contributed by atoms with Crippen molar-refractivity contribution in [1.29, 1.82) is 0 Å². The summed E-state index contributed by atoms with van der Waals surface area (Å²) in [5, 5.41) is 7.59. The number of aryl methyl sites for hydroxylation is 1. The van der Waals surface area contributed by atoms with Gasteiger partial charge >= 0.3 is 0 Å². The number of amides is 1. The zero-order chi connectivity index (χ0) is 21.4. The normalized spacial score (nSPS) is 18.6. The Balaban J connectivity index is 1.43. The third-order valence-corrected chi connectivity index (χ3v) is 5.58. The van der Waals surface area contributed by atoms with Crippen LogP contribution in [0.4, 0.5) is 11.6 Å². The van der Waals surface area contributed by atoms with Gasteiger partial charge in [-0.25, -0.2) is 24.6 Å². The molecule has 1 amide bonds. The molecule has 5 rings (SSSR count). The summed E-state index contributed by atoms with van der Waals surface area (Å²) in [7, 11) is 0. The number of nitrogens with one attached hydrogen (secondary N) is 1. The van der Waals surface area contributed by atoms with Crippen LogP contribution < -0.4 is 10.2 Å². The minimum absolute atomic E-state index is 0.0183. The minimum Gasteiger partial charge on any atom is -0.358 e. The largest absolute Gasteiger partial charge is 0.358 e. The summed E-state index contributed by atoms with van der Waals surface area (Å²) in [6.07, 6.45) is 6.51. The Hall–Kier alpha value is -3.40. The molecule has 10 heteroatoms. The highest BCUT2D eigenvalue weighted by Crippen LogP contribution is 2.30. The number of fused-ring (bicyclic) bond motifs is 1. The second-order valence-electron chi connectivity index (χ2n) is 7.62. The zero-order valence-electron chi connectivity index (χ0n) is 17.6. The lowest BCUT2D eigenvalue weighted by molar-refractivity contribution is -0.117. The van der Waals surface area contributed by atoms with Crippen LogP contribution in [0.5, 0.6) is 0 Å². The molecule has 2 aliphatic rings. The van der Waals surface area contributed by atoms with Gasteiger partial charge in [-0.3, -0.25) is 9.69 Å². The van der Waals surface area contributed by atoms with Gasteiger partial charge in [0.05, 0.1) is 18.4 Å². The molecule has 160 valence electrons. The van der Waals surface area contributed by atoms with Gasteiger partial charge in [-0.1, -0.05) is 0 Å². The van der Waals surface area contributed by atoms with Crippen molar-refractivity contribution in [3.63, 3.8) is 0 Å². The number of hydrogen-bond acceptors (Lipinski definition) is 8. The van der Waals surface area contributed by atoms with E-state index in [0.29, 0.717) is 35.4 Å². The molecule has 1 unspecified atom stereocenters. The molecule has 0 aliphatic carbocycles. The first-order valence-corrected chi connectivity index (χ1v) is 10.6. The van der Waals surface area contributed by atoms with Gasteiger partial charge in [-0.15, -0.1) is 5.10 Å². The number of likely N-dealkylation sites (N-methyl/N-ethyl adjacent to an activating group) is 1. The van der Waals surface area contributed by atoms with Crippen molar-refractivity contribution in [3.8, 4) is 22.8 Å². The average Bonchev–Trinajstić information content (AvgIpc) is 3.30. The maximum absolute atomic E-state index is 12.2. The van der Waals surface area contributed by atoms with Crippen LogP contribution in [0.2, 0.25) is 0 Å². The van der Waals surface area contributed by atoms with E-state index in [1.807, 2.05) is 26.0 Å². The number of carbonyl (C=O) groups excluding carboxylic acids is 1. The van der Waals surface area contributed by atoms with Gasteiger partial charge in [0.1, 0.15) is 12.0 Å². The molecule has 0 saturated carbocycles. The average molecular weight is 420 g/mol. The van der Waals surface area contributed by atoms with Crippen molar-refractivity contribution in [3.05, 3.63) is 30.4 Å². The SMILES string of the molecule is CCN1C(=O)CNc2ncc(-c3ccc(-c4ncn(C5CCCCO5)n4)nc3C)nc21. The fourth-order valence-electron chi connectivity index (χ4n) is 3.94. The predicted molar refractivity (Wildman–Crippen MR) is 114 cm³/mol. The number of rotatable bonds is 4. The summed E-state index contributed by atoms with van der Waals surface area (Å²) in [6.45, 7) is 5.37. The van der Waals surface area contributed by atoms with Crippen LogP contribution in [0.25, 0.3) is 22.8 Å². The number of aromatic nitrogens is 6. The summed E-state index contributed by atoms with van der Waals surface area (Å²) in [5.41, 5.74) is 2.99. The van der Waals surface area contributed by atoms with Gasteiger partial charge in [-0.05, 0) is 45.2 Å². The number of nitrogens with zero attached hydrogens (tertiary/aromatic N) is 7. The zero-order valence-corrected chi connectivity index (χ0v) is 17.6. The fraction of sp³-hybridized carbons (Fsp3) is 0.429. The summed E-state index contributed by atoms with van der Waals surface area (Å²) in [5.74, 6) is 1.71. The van der Waals surface area contributed by atoms with E-state index in [0.717, 1.165) is 37.1 Å². The van der Waals surface area contributed by atoms with Gasteiger partial charge in [0.25, 0.3) is 0 Å². The van der Waals surface area contributed by atoms with E-state index >= 15 is 0 Å². The fourth-order valence-corrected chi connectivity index (χ4v) is 3.94. The molecule has 3 aromatic heterocycles. The van der Waals surface area contributed by atoms with Gasteiger partial charge in [0, 0.05) is 24.4 Å². The molecule has 2 aliphatic heterocycles. The maximum atomic E-state index is 12.2. The summed E-state index contributed by atoms with van der Waals surface area (Å²) >= 11 is 0. The third kappa shape index (κ3) is 3.63. The van der Waals surface area contributed by atoms with Gasteiger partial charge in [-0.2, -0.15) is 0 Å². The van der Waals surface area contributed by atoms with Crippen LogP contribution in [-0.2, 0) is 9.53 Å². The van der Waals surface area contributed by atoms with E-state index in [1.165, 1.54) is 0 Å². The minimum atomic E-state index is -0.0565. The first-order valence-electron chi connectivity index (χ1n) is 10.6. The van der Waals surface area contributed by atoms with Gasteiger partial charge in [0.2, 0.25) is 5.91 Å². The number of carbonyl (C=O) groups is 1. The number of ether oxygens (including phenoxy) is 1. The van der Waals surface area contributed by atoms with Crippen LogP contribution in [0.15, 0.2) is 24.7 Å². The molecule has 0 radical (unpaired) electrons. The quantitative estimate of drug-likeness (QED) is 0.686. The van der Waals surface area contributed by atoms with Crippen molar-refractivity contribution >= 4 is 17.5 Å². The van der Waals surface area contributed by atoms with E-state index in [1.54, 1.807) is 22.1 Å². The smallest absolute Gasteiger partial charge is 0.247 e. The molecular weight excluding hydrogens is 396 g/mol. The lowest BCUT2D eigenvalue weighted by Gasteiger charge is -2.27. The van der Waals surface area contributed by atoms with Crippen molar-refractivity contribution in [2.24, 2.45) is 0 Å². The molecule has 1 N–H and O–H groups in total. The van der Waals surface area contributed by atoms with Crippen LogP contribution in [0, 0.1) is 6.92 Å². The molecule has 0 aromatic carbocycles. The van der Waals surface area contributed by atoms with E-state index in [9.17, 15) is 4.79 Å². The lowest BCUT2D eigenvalue weighted by Crippen LogP contribution is -2.40. The predicted octanol–water partition coefficient (Wildman–Crippen LogP) is 2.58. The summed E-state index contributed by atoms with van der Waals surface area (Å²) in [6, 6.07) is 3.83. The number of hydrogen-bond donors (Lipinski definition) is 1. The molecule has 1 fully saturated rings. The molecule has 5 heterocycles. The number of pyridine rings is 1. The van der Waals surface area contributed by atoms with E-state index in [4.69, 9.17) is 14.7 Å². The Morgan fingerprint density at radius 1 is 1.19 bits per heavy atom. The molecule has 10 nitrogen and oxygen atoms in total. The lowest BCUT2D eigenvalue weighted by atomic mass is 10.1. The second kappa shape index (κ2) is 8.03. The highest BCUT2D eigenvalue weighted by Gasteiger charge is 2.26. The third-order valence-electron chi connectivity index (χ3n) is 5.58. The second-order valence-corrected chi connectivity index (χ2v) is 7.62. The van der Waals surface area contributed by atoms with Crippen LogP contribution in [0.1, 0.15) is 38.1 Å². The van der Waals surface area contributed by atoms with E-state index in [2.05, 4.69) is 20.4 Å². The Kier molecular flexibility index (Phi) is 5.06. The molecule has 0 bridgehead atoms. The first-order chi connectivity index (χ1) is 15.1. The van der Waals surface area contributed by atoms with Crippen molar-refractivity contribution < 1.29 is 9.53 Å². The van der Waals surface area contributed by atoms with E-state index in [-0.39, 0.29) is 18.7 Å². The number of anilines is 2. The molecule has 3 aromatic rings. The molecule has 1 atom stereocenters. The standard InChI is InChI=1S/C21H24N8O2/c1-3-28-17(30)11-23-20-21(28)26-16(10-22-20)14-7-8-15(25-13(14)2)19-24-12-29(27-19)18-6-4-5-9-31-18/h7-8,10,12,18H,3-6,9,11H2,1-2H3,(H,22,23). The summed E-state index contributed by atoms with van der Waals surface area (Å²) in [4.78, 5) is 32.1. The highest BCUT2D eigenvalue weighted by atomic mass is 16.5. The van der Waals surface area contributed by atoms with Crippen molar-refractivity contribution in [2.75, 3.05) is 29.9 Å². The monoisotopic (exact) mass is 420 g/mol. The molecule has 31 heavy (non-hydrogen) atoms. The van der Waals surface area contributed by atoms with E-state index < -0.39 is 0 Å². The van der Waals surface area contributed by atoms with Gasteiger partial charge < -0.3 is 10.1 Å². The summed E-state index contributed by atoms with van der Waals surface area (Å²) < 4.78 is 7.55. The Morgan fingerprint density at radius 2 is 2.10 bits per heavy atom. The molecular formula is C21H24N8O2. The van der Waals surface area contributed by atoms with Crippen LogP contribution >= 0.6 is 0 Å². The maximum Gasteiger partial charge on any atom is 0.247 e. The van der Waals surface area contributed by atoms with Crippen LogP contribution in [0.3, 0.4) is 0 Å². The van der Waals surface area contributed by atoms with Crippen LogP contribution in [-0.4, -0.2) is 55.3 Å². The molecule has 0 spiro atoms. The Labute approximate surface area is 179 Å². The van der Waals surface area contributed by atoms with Crippen molar-refractivity contribution in [1.82, 2.24) is 29.7 Å². The van der Waals surface area contributed by atoms with Crippen molar-refractivity contribution in [2.45, 2.75) is 39.3 Å². The molecule has 1 saturated heterocycles. The Bertz CT molecular complexity index is 1120. The highest BCUT2D eigenvalue weighted by molar-refractivity contribution is 6.00. The first kappa shape index (κ1) is 19.6. The Morgan fingerprint density at radius 3 is 2.87 bits per heavy atom. The topological polar surface area (TPSA) is 111 Å².